The number of hydrogen-bond donors (Lipinski definition) is 2. The number of phenolic OH excluding ortho intramolecular Hbond substituents is 1. The minimum atomic E-state index is -0.187. The first kappa shape index (κ1) is 18.2. The van der Waals surface area contributed by atoms with Gasteiger partial charge in [0.1, 0.15) is 5.75 Å². The Bertz CT molecular complexity index is 773. The molecule has 0 aliphatic carbocycles. The second kappa shape index (κ2) is 8.09. The highest BCUT2D eigenvalue weighted by Crippen LogP contribution is 2.25. The largest absolute Gasteiger partial charge is 0.506 e. The number of hydrazone groups is 1. The van der Waals surface area contributed by atoms with Crippen molar-refractivity contribution in [2.45, 2.75) is 20.3 Å². The number of nitrogens with one attached hydrogen (secondary N) is 1. The number of amides is 1. The lowest BCUT2D eigenvalue weighted by atomic mass is 10.0. The standard InChI is InChI=1S/C17H16I2N2O2/c1-10-3-4-12(11(2)5-10)7-16(22)21-20-9-13-6-14(18)8-15(19)17(13)23/h3-6,8-9,23H,7H2,1-2H3,(H,21,22)/b20-9-. The van der Waals surface area contributed by atoms with Crippen LogP contribution in [0, 0.1) is 21.0 Å². The van der Waals surface area contributed by atoms with Crippen molar-refractivity contribution in [1.29, 1.82) is 0 Å². The zero-order valence-electron chi connectivity index (χ0n) is 12.7. The van der Waals surface area contributed by atoms with E-state index in [1.54, 1.807) is 6.07 Å². The first-order chi connectivity index (χ1) is 10.9. The zero-order valence-corrected chi connectivity index (χ0v) is 17.0. The molecule has 4 nitrogen and oxygen atoms in total. The molecule has 0 bridgehead atoms. The SMILES string of the molecule is Cc1ccc(CC(=O)N/N=C\c2cc(I)cc(I)c2O)c(C)c1. The molecule has 2 aromatic carbocycles. The third kappa shape index (κ3) is 5.17. The lowest BCUT2D eigenvalue weighted by Crippen LogP contribution is -2.20. The van der Waals surface area contributed by atoms with Gasteiger partial charge in [-0.05, 0) is 82.3 Å². The Morgan fingerprint density at radius 1 is 1.26 bits per heavy atom. The molecule has 0 saturated carbocycles. The highest BCUT2D eigenvalue weighted by Gasteiger charge is 2.07. The number of benzene rings is 2. The average Bonchev–Trinajstić information content (AvgIpc) is 2.47. The molecule has 1 amide bonds. The van der Waals surface area contributed by atoms with Crippen LogP contribution in [0.1, 0.15) is 22.3 Å². The van der Waals surface area contributed by atoms with Crippen LogP contribution in [0.2, 0.25) is 0 Å². The maximum absolute atomic E-state index is 12.0. The molecule has 0 unspecified atom stereocenters. The summed E-state index contributed by atoms with van der Waals surface area (Å²) < 4.78 is 1.74. The molecule has 0 spiro atoms. The van der Waals surface area contributed by atoms with Crippen molar-refractivity contribution in [3.8, 4) is 5.75 Å². The van der Waals surface area contributed by atoms with Crippen molar-refractivity contribution in [1.82, 2.24) is 5.43 Å². The molecule has 0 saturated heterocycles. The van der Waals surface area contributed by atoms with Crippen molar-refractivity contribution < 1.29 is 9.90 Å². The highest BCUT2D eigenvalue weighted by molar-refractivity contribution is 14.1. The van der Waals surface area contributed by atoms with Crippen molar-refractivity contribution in [2.75, 3.05) is 0 Å². The Kier molecular flexibility index (Phi) is 6.40. The Balaban J connectivity index is 2.02. The second-order valence-electron chi connectivity index (χ2n) is 5.23. The Labute approximate surface area is 162 Å². The van der Waals surface area contributed by atoms with Crippen LogP contribution in [-0.4, -0.2) is 17.2 Å². The summed E-state index contributed by atoms with van der Waals surface area (Å²) in [5, 5.41) is 13.9. The van der Waals surface area contributed by atoms with Gasteiger partial charge >= 0.3 is 0 Å². The van der Waals surface area contributed by atoms with Gasteiger partial charge in [-0.25, -0.2) is 5.43 Å². The van der Waals surface area contributed by atoms with Gasteiger partial charge in [-0.15, -0.1) is 0 Å². The minimum absolute atomic E-state index is 0.165. The molecular formula is C17H16I2N2O2. The maximum Gasteiger partial charge on any atom is 0.244 e. The van der Waals surface area contributed by atoms with Gasteiger partial charge in [0.15, 0.2) is 0 Å². The molecular weight excluding hydrogens is 518 g/mol. The first-order valence-electron chi connectivity index (χ1n) is 6.93. The smallest absolute Gasteiger partial charge is 0.244 e. The molecule has 0 aliphatic heterocycles. The van der Waals surface area contributed by atoms with E-state index in [2.05, 4.69) is 61.8 Å². The van der Waals surface area contributed by atoms with E-state index < -0.39 is 0 Å². The summed E-state index contributed by atoms with van der Waals surface area (Å²) in [6.07, 6.45) is 1.73. The fourth-order valence-corrected chi connectivity index (χ4v) is 4.00. The van der Waals surface area contributed by atoms with Crippen molar-refractivity contribution in [2.24, 2.45) is 5.10 Å². The predicted molar refractivity (Wildman–Crippen MR) is 109 cm³/mol. The van der Waals surface area contributed by atoms with Gasteiger partial charge in [0.05, 0.1) is 16.2 Å². The molecule has 0 aliphatic rings. The van der Waals surface area contributed by atoms with E-state index in [4.69, 9.17) is 0 Å². The van der Waals surface area contributed by atoms with Gasteiger partial charge in [-0.3, -0.25) is 4.79 Å². The van der Waals surface area contributed by atoms with Crippen LogP contribution < -0.4 is 5.43 Å². The molecule has 23 heavy (non-hydrogen) atoms. The van der Waals surface area contributed by atoms with Crippen LogP contribution in [0.15, 0.2) is 35.4 Å². The number of halogens is 2. The van der Waals surface area contributed by atoms with Gasteiger partial charge in [0.25, 0.3) is 0 Å². The summed E-state index contributed by atoms with van der Waals surface area (Å²) in [4.78, 5) is 12.0. The number of aryl methyl sites for hydroxylation is 2. The number of phenols is 1. The predicted octanol–water partition coefficient (Wildman–Crippen LogP) is 3.91. The summed E-state index contributed by atoms with van der Waals surface area (Å²) in [6.45, 7) is 4.01. The van der Waals surface area contributed by atoms with Gasteiger partial charge in [0, 0.05) is 9.13 Å². The Morgan fingerprint density at radius 2 is 2.00 bits per heavy atom. The fourth-order valence-electron chi connectivity index (χ4n) is 2.11. The zero-order chi connectivity index (χ0) is 17.0. The summed E-state index contributed by atoms with van der Waals surface area (Å²) in [7, 11) is 0. The van der Waals surface area contributed by atoms with E-state index in [-0.39, 0.29) is 18.1 Å². The molecule has 0 fully saturated rings. The van der Waals surface area contributed by atoms with Crippen molar-refractivity contribution in [3.63, 3.8) is 0 Å². The molecule has 2 rings (SSSR count). The number of rotatable bonds is 4. The molecule has 2 aromatic rings. The number of aromatic hydroxyl groups is 1. The molecule has 0 atom stereocenters. The molecule has 0 radical (unpaired) electrons. The van der Waals surface area contributed by atoms with Gasteiger partial charge in [-0.1, -0.05) is 23.8 Å². The first-order valence-corrected chi connectivity index (χ1v) is 9.08. The number of nitrogens with zero attached hydrogens (tertiary/aromatic N) is 1. The molecule has 2 N–H and O–H groups in total. The summed E-state index contributed by atoms with van der Waals surface area (Å²) >= 11 is 4.23. The normalized spacial score (nSPS) is 11.0. The van der Waals surface area contributed by atoms with Gasteiger partial charge in [-0.2, -0.15) is 5.10 Å². The van der Waals surface area contributed by atoms with Crippen LogP contribution in [0.4, 0.5) is 0 Å². The summed E-state index contributed by atoms with van der Waals surface area (Å²) in [6, 6.07) is 9.68. The molecule has 0 heterocycles. The van der Waals surface area contributed by atoms with Crippen LogP contribution >= 0.6 is 45.2 Å². The molecule has 0 aromatic heterocycles. The van der Waals surface area contributed by atoms with Crippen LogP contribution in [0.5, 0.6) is 5.75 Å². The topological polar surface area (TPSA) is 61.7 Å². The quantitative estimate of drug-likeness (QED) is 0.355. The van der Waals surface area contributed by atoms with Crippen molar-refractivity contribution in [3.05, 3.63) is 59.7 Å². The van der Waals surface area contributed by atoms with Crippen LogP contribution in [-0.2, 0) is 11.2 Å². The van der Waals surface area contributed by atoms with E-state index in [1.165, 1.54) is 11.8 Å². The Hall–Kier alpha value is -1.16. The summed E-state index contributed by atoms with van der Waals surface area (Å²) in [5.74, 6) is -0.0218. The molecule has 120 valence electrons. The van der Waals surface area contributed by atoms with E-state index in [0.29, 0.717) is 5.56 Å². The minimum Gasteiger partial charge on any atom is -0.506 e. The average molecular weight is 534 g/mol. The van der Waals surface area contributed by atoms with E-state index >= 15 is 0 Å². The van der Waals surface area contributed by atoms with E-state index in [0.717, 1.165) is 18.3 Å². The fraction of sp³-hybridized carbons (Fsp3) is 0.176. The monoisotopic (exact) mass is 534 g/mol. The number of hydrogen-bond acceptors (Lipinski definition) is 3. The van der Waals surface area contributed by atoms with Gasteiger partial charge < -0.3 is 5.11 Å². The van der Waals surface area contributed by atoms with Gasteiger partial charge in [0.2, 0.25) is 5.91 Å². The van der Waals surface area contributed by atoms with Crippen LogP contribution in [0.25, 0.3) is 0 Å². The summed E-state index contributed by atoms with van der Waals surface area (Å²) in [5.41, 5.74) is 6.33. The second-order valence-corrected chi connectivity index (χ2v) is 7.63. The van der Waals surface area contributed by atoms with Crippen LogP contribution in [0.3, 0.4) is 0 Å². The third-order valence-electron chi connectivity index (χ3n) is 3.30. The lowest BCUT2D eigenvalue weighted by molar-refractivity contribution is -0.120. The van der Waals surface area contributed by atoms with E-state index in [9.17, 15) is 9.90 Å². The lowest BCUT2D eigenvalue weighted by Gasteiger charge is -2.06. The van der Waals surface area contributed by atoms with Crippen molar-refractivity contribution >= 4 is 57.3 Å². The Morgan fingerprint density at radius 3 is 2.70 bits per heavy atom. The number of carbonyl (C=O) groups excluding carboxylic acids is 1. The maximum atomic E-state index is 12.0. The number of carbonyl (C=O) groups is 1. The highest BCUT2D eigenvalue weighted by atomic mass is 127. The molecule has 6 heteroatoms. The third-order valence-corrected chi connectivity index (χ3v) is 4.74. The van der Waals surface area contributed by atoms with E-state index in [1.807, 2.05) is 32.0 Å².